The van der Waals surface area contributed by atoms with Crippen molar-refractivity contribution < 1.29 is 14.3 Å². The van der Waals surface area contributed by atoms with Crippen LogP contribution in [0, 0.1) is 11.3 Å². The average molecular weight is 605 g/mol. The molecule has 0 N–H and O–H groups in total. The number of hydrogen-bond donors (Lipinski definition) is 0. The summed E-state index contributed by atoms with van der Waals surface area (Å²) >= 11 is 0. The van der Waals surface area contributed by atoms with Gasteiger partial charge in [-0.25, -0.2) is 9.50 Å². The number of anilines is 1. The summed E-state index contributed by atoms with van der Waals surface area (Å²) in [7, 11) is 0. The molecule has 0 saturated carbocycles. The highest BCUT2D eigenvalue weighted by molar-refractivity contribution is 5.84. The van der Waals surface area contributed by atoms with Gasteiger partial charge in [-0.15, -0.1) is 0 Å². The molecule has 1 amide bonds. The molecule has 4 aliphatic heterocycles. The Bertz CT molecular complexity index is 1710. The summed E-state index contributed by atoms with van der Waals surface area (Å²) in [5, 5.41) is 13.6. The van der Waals surface area contributed by atoms with Crippen LogP contribution in [0.4, 0.5) is 5.82 Å². The van der Waals surface area contributed by atoms with Crippen molar-refractivity contribution in [1.82, 2.24) is 24.4 Å². The molecule has 4 saturated heterocycles. The minimum atomic E-state index is 0.144. The lowest BCUT2D eigenvalue weighted by molar-refractivity contribution is -0.145. The van der Waals surface area contributed by atoms with Crippen LogP contribution < -0.4 is 9.64 Å². The van der Waals surface area contributed by atoms with Gasteiger partial charge < -0.3 is 19.3 Å². The highest BCUT2D eigenvalue weighted by Crippen LogP contribution is 2.36. The lowest BCUT2D eigenvalue weighted by Crippen LogP contribution is -2.70. The number of rotatable bonds is 10. The molecule has 0 radical (unpaired) electrons. The Morgan fingerprint density at radius 3 is 2.62 bits per heavy atom. The third-order valence-corrected chi connectivity index (χ3v) is 9.03. The monoisotopic (exact) mass is 604 g/mol. The largest absolute Gasteiger partial charge is 0.491 e. The maximum absolute atomic E-state index is 13.1. The van der Waals surface area contributed by atoms with Crippen molar-refractivity contribution in [2.75, 3.05) is 57.4 Å². The molecule has 45 heavy (non-hydrogen) atoms. The summed E-state index contributed by atoms with van der Waals surface area (Å²) in [4.78, 5) is 28.8. The van der Waals surface area contributed by atoms with Crippen molar-refractivity contribution in [2.45, 2.75) is 31.5 Å². The number of nitriles is 1. The van der Waals surface area contributed by atoms with Crippen LogP contribution >= 0.6 is 0 Å². The number of benzene rings is 1. The predicted molar refractivity (Wildman–Crippen MR) is 171 cm³/mol. The van der Waals surface area contributed by atoms with E-state index in [0.717, 1.165) is 91.7 Å². The second-order valence-corrected chi connectivity index (χ2v) is 11.9. The molecular formula is C34H36N8O3. The van der Waals surface area contributed by atoms with E-state index in [1.807, 2.05) is 40.1 Å². The van der Waals surface area contributed by atoms with E-state index in [-0.39, 0.29) is 18.0 Å². The van der Waals surface area contributed by atoms with E-state index in [1.165, 1.54) is 0 Å². The molecule has 3 aromatic heterocycles. The van der Waals surface area contributed by atoms with Crippen LogP contribution in [0.3, 0.4) is 0 Å². The SMILES string of the molecule is C=NCc1cnn2cc(OCCN3CCOCC3)cc(-c3ccc(N4CC5CC(C4)N5C(=O)Cc4ccc(C#N)cc4)nc3)c12. The van der Waals surface area contributed by atoms with Crippen molar-refractivity contribution in [3.63, 3.8) is 0 Å². The zero-order chi connectivity index (χ0) is 30.8. The number of carbonyl (C=O) groups is 1. The molecule has 4 aliphatic rings. The van der Waals surface area contributed by atoms with Gasteiger partial charge >= 0.3 is 0 Å². The van der Waals surface area contributed by atoms with Crippen molar-refractivity contribution in [2.24, 2.45) is 4.99 Å². The Labute approximate surface area is 262 Å². The zero-order valence-electron chi connectivity index (χ0n) is 25.2. The highest BCUT2D eigenvalue weighted by atomic mass is 16.5. The normalized spacial score (nSPS) is 19.6. The summed E-state index contributed by atoms with van der Waals surface area (Å²) in [5.41, 5.74) is 5.44. The molecule has 4 fully saturated rings. The Morgan fingerprint density at radius 1 is 1.11 bits per heavy atom. The molecule has 1 aromatic carbocycles. The summed E-state index contributed by atoms with van der Waals surface area (Å²) in [5.74, 6) is 1.80. The second kappa shape index (κ2) is 12.7. The van der Waals surface area contributed by atoms with Crippen LogP contribution in [0.5, 0.6) is 5.75 Å². The topological polar surface area (TPSA) is 112 Å². The molecule has 11 nitrogen and oxygen atoms in total. The fourth-order valence-electron chi connectivity index (χ4n) is 6.71. The summed E-state index contributed by atoms with van der Waals surface area (Å²) in [6.07, 6.45) is 7.04. The number of piperidine rings is 1. The number of aliphatic imine (C=N–C) groups is 1. The van der Waals surface area contributed by atoms with Crippen LogP contribution in [-0.2, 0) is 22.5 Å². The first-order valence-corrected chi connectivity index (χ1v) is 15.5. The molecule has 7 heterocycles. The molecule has 230 valence electrons. The van der Waals surface area contributed by atoms with Gasteiger partial charge in [-0.05, 0) is 49.0 Å². The molecule has 11 heteroatoms. The van der Waals surface area contributed by atoms with Crippen LogP contribution in [0.25, 0.3) is 16.6 Å². The smallest absolute Gasteiger partial charge is 0.227 e. The van der Waals surface area contributed by atoms with Crippen LogP contribution in [0.1, 0.15) is 23.1 Å². The Morgan fingerprint density at radius 2 is 1.91 bits per heavy atom. The Kier molecular flexibility index (Phi) is 8.15. The van der Waals surface area contributed by atoms with E-state index >= 15 is 0 Å². The molecule has 0 aliphatic carbocycles. The Hall–Kier alpha value is -4.79. The third-order valence-electron chi connectivity index (χ3n) is 9.03. The van der Waals surface area contributed by atoms with E-state index in [0.29, 0.717) is 25.1 Å². The molecule has 2 bridgehead atoms. The molecule has 0 spiro atoms. The van der Waals surface area contributed by atoms with Gasteiger partial charge in [0.05, 0.1) is 67.8 Å². The van der Waals surface area contributed by atoms with Crippen molar-refractivity contribution >= 4 is 24.0 Å². The molecule has 4 aromatic rings. The van der Waals surface area contributed by atoms with Gasteiger partial charge in [-0.1, -0.05) is 12.1 Å². The lowest BCUT2D eigenvalue weighted by atomic mass is 9.86. The first-order chi connectivity index (χ1) is 22.1. The lowest BCUT2D eigenvalue weighted by Gasteiger charge is -2.56. The van der Waals surface area contributed by atoms with Crippen LogP contribution in [0.15, 0.2) is 66.0 Å². The van der Waals surface area contributed by atoms with Gasteiger partial charge in [0.25, 0.3) is 0 Å². The maximum atomic E-state index is 13.1. The standard InChI is InChI=1S/C34H36N8O3/c1-36-18-27-20-38-41-23-30(45-13-10-39-8-11-44-12-9-39)16-31(34(27)41)26-6-7-32(37-19-26)40-21-28-15-29(22-40)42(28)33(43)14-24-2-4-25(17-35)5-3-24/h2-7,16,19-20,23,28-29H,1,8-15,18,21-22H2. The fourth-order valence-corrected chi connectivity index (χ4v) is 6.71. The molecule has 2 atom stereocenters. The van der Waals surface area contributed by atoms with Gasteiger partial charge in [0.15, 0.2) is 0 Å². The van der Waals surface area contributed by atoms with Crippen LogP contribution in [-0.4, -0.2) is 102 Å². The van der Waals surface area contributed by atoms with E-state index in [4.69, 9.17) is 19.7 Å². The second-order valence-electron chi connectivity index (χ2n) is 11.9. The number of ether oxygens (including phenoxy) is 2. The number of pyridine rings is 2. The number of nitrogens with zero attached hydrogens (tertiary/aromatic N) is 8. The number of carbonyl (C=O) groups excluding carboxylic acids is 1. The van der Waals surface area contributed by atoms with Gasteiger partial charge in [0.2, 0.25) is 5.91 Å². The van der Waals surface area contributed by atoms with E-state index in [2.05, 4.69) is 50.9 Å². The average Bonchev–Trinajstić information content (AvgIpc) is 3.48. The number of hydrogen-bond acceptors (Lipinski definition) is 9. The molecular weight excluding hydrogens is 568 g/mol. The van der Waals surface area contributed by atoms with Crippen molar-refractivity contribution in [3.05, 3.63) is 77.7 Å². The third kappa shape index (κ3) is 5.99. The van der Waals surface area contributed by atoms with Crippen LogP contribution in [0.2, 0.25) is 0 Å². The minimum Gasteiger partial charge on any atom is -0.491 e. The number of amides is 1. The van der Waals surface area contributed by atoms with E-state index in [1.54, 1.807) is 12.1 Å². The zero-order valence-corrected chi connectivity index (χ0v) is 25.2. The Balaban J connectivity index is 1.04. The van der Waals surface area contributed by atoms with E-state index < -0.39 is 0 Å². The molecule has 2 unspecified atom stereocenters. The minimum absolute atomic E-state index is 0.144. The number of aromatic nitrogens is 3. The van der Waals surface area contributed by atoms with Crippen molar-refractivity contribution in [3.8, 4) is 22.9 Å². The molecule has 8 rings (SSSR count). The maximum Gasteiger partial charge on any atom is 0.227 e. The van der Waals surface area contributed by atoms with Gasteiger partial charge in [0.1, 0.15) is 18.2 Å². The van der Waals surface area contributed by atoms with Crippen molar-refractivity contribution in [1.29, 1.82) is 5.26 Å². The van der Waals surface area contributed by atoms with E-state index in [9.17, 15) is 4.79 Å². The first-order valence-electron chi connectivity index (χ1n) is 15.5. The summed E-state index contributed by atoms with van der Waals surface area (Å²) in [6.45, 7) is 10.5. The summed E-state index contributed by atoms with van der Waals surface area (Å²) < 4.78 is 13.5. The number of morpholine rings is 1. The van der Waals surface area contributed by atoms with Gasteiger partial charge in [0, 0.05) is 55.6 Å². The first kappa shape index (κ1) is 29.0. The fraction of sp³-hybridized carbons (Fsp3) is 0.382. The number of piperazine rings is 1. The highest BCUT2D eigenvalue weighted by Gasteiger charge is 2.47. The van der Waals surface area contributed by atoms with Gasteiger partial charge in [-0.2, -0.15) is 10.4 Å². The summed E-state index contributed by atoms with van der Waals surface area (Å²) in [6, 6.07) is 16.0. The quantitative estimate of drug-likeness (QED) is 0.254. The predicted octanol–water partition coefficient (Wildman–Crippen LogP) is 3.21. The van der Waals surface area contributed by atoms with Gasteiger partial charge in [-0.3, -0.25) is 14.7 Å². The number of fused-ring (bicyclic) bond motifs is 3.